The maximum Gasteiger partial charge on any atom is 0.291 e. The summed E-state index contributed by atoms with van der Waals surface area (Å²) in [5.74, 6) is 0. The van der Waals surface area contributed by atoms with Crippen molar-refractivity contribution in [2.45, 2.75) is 6.92 Å². The molecule has 16 heavy (non-hydrogen) atoms. The maximum atomic E-state index is 8.47. The van der Waals surface area contributed by atoms with Gasteiger partial charge in [-0.3, -0.25) is 0 Å². The molecule has 5 N–H and O–H groups in total. The Bertz CT molecular complexity index is 164. The predicted molar refractivity (Wildman–Crippen MR) is 46.9 cm³/mol. The van der Waals surface area contributed by atoms with Crippen molar-refractivity contribution in [2.24, 2.45) is 5.41 Å². The highest BCUT2D eigenvalue weighted by atomic mass is 16.9. The van der Waals surface area contributed by atoms with Crippen molar-refractivity contribution in [3.05, 3.63) is 20.2 Å². The molecule has 0 saturated heterocycles. The van der Waals surface area contributed by atoms with Gasteiger partial charge >= 0.3 is 0 Å². The summed E-state index contributed by atoms with van der Waals surface area (Å²) in [6.07, 6.45) is 0. The lowest BCUT2D eigenvalue weighted by atomic mass is 9.95. The molecule has 0 rings (SSSR count). The molecule has 0 aromatic rings. The van der Waals surface area contributed by atoms with Gasteiger partial charge in [0, 0.05) is 5.41 Å². The van der Waals surface area contributed by atoms with Crippen LogP contribution < -0.4 is 0 Å². The van der Waals surface area contributed by atoms with E-state index in [1.165, 1.54) is 0 Å². The molecular formula is C5H14N2O9. The Labute approximate surface area is 89.4 Å². The third-order valence-electron chi connectivity index (χ3n) is 1.15. The summed E-state index contributed by atoms with van der Waals surface area (Å²) in [5, 5.41) is 52.7. The molecule has 0 unspecified atom stereocenters. The van der Waals surface area contributed by atoms with Gasteiger partial charge in [0.1, 0.15) is 0 Å². The molecule has 0 spiro atoms. The number of hydrogen-bond donors (Lipinski definition) is 5. The number of aliphatic hydroxyl groups is 3. The average Bonchev–Trinajstić information content (AvgIpc) is 2.15. The maximum absolute atomic E-state index is 8.47. The first-order valence-corrected chi connectivity index (χ1v) is 3.64. The van der Waals surface area contributed by atoms with E-state index in [-0.39, 0.29) is 19.8 Å². The zero-order valence-corrected chi connectivity index (χ0v) is 8.38. The molecule has 11 nitrogen and oxygen atoms in total. The average molecular weight is 246 g/mol. The van der Waals surface area contributed by atoms with Crippen LogP contribution in [0.2, 0.25) is 0 Å². The van der Waals surface area contributed by atoms with Crippen LogP contribution in [0.1, 0.15) is 6.92 Å². The molecule has 0 fully saturated rings. The zero-order chi connectivity index (χ0) is 13.8. The van der Waals surface area contributed by atoms with Crippen LogP contribution in [0.25, 0.3) is 0 Å². The largest absolute Gasteiger partial charge is 0.396 e. The molecule has 0 aliphatic rings. The van der Waals surface area contributed by atoms with Crippen molar-refractivity contribution in [2.75, 3.05) is 19.8 Å². The van der Waals surface area contributed by atoms with E-state index in [2.05, 4.69) is 0 Å². The Balaban J connectivity index is -0.000000179. The van der Waals surface area contributed by atoms with Gasteiger partial charge in [-0.15, -0.1) is 20.2 Å². The molecule has 11 heteroatoms. The number of nitrogens with zero attached hydrogens (tertiary/aromatic N) is 2. The van der Waals surface area contributed by atoms with E-state index in [1.807, 2.05) is 0 Å². The Kier molecular flexibility index (Phi) is 14.0. The van der Waals surface area contributed by atoms with Gasteiger partial charge < -0.3 is 25.7 Å². The first-order chi connectivity index (χ1) is 7.15. The van der Waals surface area contributed by atoms with Crippen LogP contribution in [0.4, 0.5) is 0 Å². The van der Waals surface area contributed by atoms with E-state index in [4.69, 9.17) is 46.0 Å². The summed E-state index contributed by atoms with van der Waals surface area (Å²) in [6, 6.07) is 0. The molecule has 0 amide bonds. The van der Waals surface area contributed by atoms with Gasteiger partial charge in [0.25, 0.3) is 10.2 Å². The van der Waals surface area contributed by atoms with Crippen LogP contribution >= 0.6 is 0 Å². The van der Waals surface area contributed by atoms with Crippen molar-refractivity contribution >= 4 is 0 Å². The van der Waals surface area contributed by atoms with Gasteiger partial charge in [-0.2, -0.15) is 0 Å². The van der Waals surface area contributed by atoms with Crippen LogP contribution in [0.5, 0.6) is 0 Å². The molecule has 0 aromatic carbocycles. The second-order valence-corrected chi connectivity index (χ2v) is 2.76. The van der Waals surface area contributed by atoms with Crippen LogP contribution in [-0.2, 0) is 0 Å². The van der Waals surface area contributed by atoms with Crippen LogP contribution in [0.15, 0.2) is 0 Å². The minimum Gasteiger partial charge on any atom is -0.396 e. The van der Waals surface area contributed by atoms with E-state index in [0.717, 1.165) is 0 Å². The molecular weight excluding hydrogens is 232 g/mol. The molecule has 0 saturated carbocycles. The highest BCUT2D eigenvalue weighted by Gasteiger charge is 2.20. The lowest BCUT2D eigenvalue weighted by Crippen LogP contribution is -2.29. The monoisotopic (exact) mass is 246 g/mol. The Morgan fingerprint density at radius 1 is 0.938 bits per heavy atom. The van der Waals surface area contributed by atoms with Gasteiger partial charge in [0.2, 0.25) is 0 Å². The second-order valence-electron chi connectivity index (χ2n) is 2.76. The van der Waals surface area contributed by atoms with E-state index in [0.29, 0.717) is 0 Å². The Morgan fingerprint density at radius 2 is 1.06 bits per heavy atom. The summed E-state index contributed by atoms with van der Waals surface area (Å²) in [6.45, 7) is 1.06. The van der Waals surface area contributed by atoms with E-state index >= 15 is 0 Å². The lowest BCUT2D eigenvalue weighted by molar-refractivity contribution is -0.742. The molecule has 0 aromatic heterocycles. The summed E-state index contributed by atoms with van der Waals surface area (Å²) < 4.78 is 0. The molecule has 0 atom stereocenters. The normalized spacial score (nSPS) is 9.00. The fourth-order valence-electron chi connectivity index (χ4n) is 0.150. The molecule has 0 heterocycles. The predicted octanol–water partition coefficient (Wildman–Crippen LogP) is -1.73. The summed E-state index contributed by atoms with van der Waals surface area (Å²) in [5.41, 5.74) is -0.708. The molecule has 0 radical (unpaired) electrons. The van der Waals surface area contributed by atoms with Crippen LogP contribution in [0.3, 0.4) is 0 Å². The second kappa shape index (κ2) is 11.4. The summed E-state index contributed by atoms with van der Waals surface area (Å²) in [7, 11) is 0. The minimum absolute atomic E-state index is 0.181. The summed E-state index contributed by atoms with van der Waals surface area (Å²) >= 11 is 0. The van der Waals surface area contributed by atoms with E-state index < -0.39 is 15.6 Å². The van der Waals surface area contributed by atoms with Crippen LogP contribution in [0, 0.1) is 25.6 Å². The highest BCUT2D eigenvalue weighted by molar-refractivity contribution is 4.69. The smallest absolute Gasteiger partial charge is 0.291 e. The van der Waals surface area contributed by atoms with Gasteiger partial charge in [-0.25, -0.2) is 0 Å². The minimum atomic E-state index is -1.50. The standard InChI is InChI=1S/C5H12O3.2HNO3/c1-5(2-6,3-7)4-8;2*2-1(3)4/h6-8H,2-4H2,1H3;2*(H,2,3,4). The fourth-order valence-corrected chi connectivity index (χ4v) is 0.150. The third-order valence-corrected chi connectivity index (χ3v) is 1.15. The van der Waals surface area contributed by atoms with Crippen molar-refractivity contribution in [1.82, 2.24) is 0 Å². The fraction of sp³-hybridized carbons (Fsp3) is 1.00. The van der Waals surface area contributed by atoms with Crippen molar-refractivity contribution in [3.8, 4) is 0 Å². The van der Waals surface area contributed by atoms with E-state index in [9.17, 15) is 0 Å². The van der Waals surface area contributed by atoms with Crippen molar-refractivity contribution < 1.29 is 35.9 Å². The Morgan fingerprint density at radius 3 is 1.06 bits per heavy atom. The highest BCUT2D eigenvalue weighted by Crippen LogP contribution is 2.10. The number of aliphatic hydroxyl groups excluding tert-OH is 3. The quantitative estimate of drug-likeness (QED) is 0.284. The van der Waals surface area contributed by atoms with Gasteiger partial charge in [-0.05, 0) is 0 Å². The first-order valence-electron chi connectivity index (χ1n) is 3.64. The van der Waals surface area contributed by atoms with Gasteiger partial charge in [-0.1, -0.05) is 6.92 Å². The van der Waals surface area contributed by atoms with Gasteiger partial charge in [0.15, 0.2) is 0 Å². The van der Waals surface area contributed by atoms with Gasteiger partial charge in [0.05, 0.1) is 19.8 Å². The Hall–Kier alpha value is -1.72. The lowest BCUT2D eigenvalue weighted by Gasteiger charge is -2.20. The zero-order valence-electron chi connectivity index (χ0n) is 8.38. The van der Waals surface area contributed by atoms with Crippen molar-refractivity contribution in [1.29, 1.82) is 0 Å². The first kappa shape index (κ1) is 19.8. The SMILES string of the molecule is CC(CO)(CO)CO.O=[N+]([O-])O.O=[N+]([O-])O. The van der Waals surface area contributed by atoms with Crippen molar-refractivity contribution in [3.63, 3.8) is 0 Å². The topological polar surface area (TPSA) is 187 Å². The molecule has 98 valence electrons. The van der Waals surface area contributed by atoms with Crippen LogP contribution in [-0.4, -0.2) is 55.7 Å². The van der Waals surface area contributed by atoms with E-state index in [1.54, 1.807) is 6.92 Å². The molecule has 0 bridgehead atoms. The molecule has 0 aliphatic heterocycles. The summed E-state index contributed by atoms with van der Waals surface area (Å²) in [4.78, 5) is 16.7. The third kappa shape index (κ3) is 29.5. The molecule has 0 aliphatic carbocycles. The number of rotatable bonds is 3. The number of hydrogen-bond acceptors (Lipinski definition) is 7.